The summed E-state index contributed by atoms with van der Waals surface area (Å²) >= 11 is 1.63. The maximum atomic E-state index is 5.61. The molecule has 0 spiro atoms. The van der Waals surface area contributed by atoms with Crippen molar-refractivity contribution < 1.29 is 4.74 Å². The molecular formula is C12H14N2OS. The van der Waals surface area contributed by atoms with E-state index in [4.69, 9.17) is 10.5 Å². The maximum Gasteiger partial charge on any atom is 0.123 e. The molecule has 1 heterocycles. The van der Waals surface area contributed by atoms with E-state index in [0.717, 1.165) is 21.8 Å². The standard InChI is InChI=1S/C12H14N2OS/c1-15-7-11-8-16-12(14-11)10-4-2-3-9(5-10)6-13/h2-5,8H,6-7,13H2,1H3. The van der Waals surface area contributed by atoms with E-state index in [1.165, 1.54) is 0 Å². The first-order valence-electron chi connectivity index (χ1n) is 5.06. The molecule has 2 rings (SSSR count). The van der Waals surface area contributed by atoms with Crippen molar-refractivity contribution in [1.82, 2.24) is 4.98 Å². The topological polar surface area (TPSA) is 48.1 Å². The van der Waals surface area contributed by atoms with Gasteiger partial charge < -0.3 is 10.5 Å². The highest BCUT2D eigenvalue weighted by atomic mass is 32.1. The number of nitrogens with zero attached hydrogens (tertiary/aromatic N) is 1. The van der Waals surface area contributed by atoms with E-state index < -0.39 is 0 Å². The fourth-order valence-electron chi connectivity index (χ4n) is 1.49. The lowest BCUT2D eigenvalue weighted by Crippen LogP contribution is -1.95. The van der Waals surface area contributed by atoms with Crippen LogP contribution in [-0.4, -0.2) is 12.1 Å². The zero-order valence-corrected chi connectivity index (χ0v) is 9.96. The van der Waals surface area contributed by atoms with Crippen LogP contribution in [0.2, 0.25) is 0 Å². The van der Waals surface area contributed by atoms with Crippen LogP contribution in [-0.2, 0) is 17.9 Å². The van der Waals surface area contributed by atoms with Gasteiger partial charge in [0.1, 0.15) is 5.01 Å². The van der Waals surface area contributed by atoms with E-state index in [9.17, 15) is 0 Å². The quantitative estimate of drug-likeness (QED) is 0.883. The van der Waals surface area contributed by atoms with Gasteiger partial charge in [-0.2, -0.15) is 0 Å². The fraction of sp³-hybridized carbons (Fsp3) is 0.250. The van der Waals surface area contributed by atoms with E-state index in [1.54, 1.807) is 18.4 Å². The smallest absolute Gasteiger partial charge is 0.123 e. The van der Waals surface area contributed by atoms with Crippen molar-refractivity contribution in [2.75, 3.05) is 7.11 Å². The van der Waals surface area contributed by atoms with Gasteiger partial charge in [-0.05, 0) is 11.6 Å². The van der Waals surface area contributed by atoms with E-state index in [2.05, 4.69) is 17.1 Å². The molecule has 0 atom stereocenters. The number of methoxy groups -OCH3 is 1. The molecule has 0 unspecified atom stereocenters. The van der Waals surface area contributed by atoms with Crippen LogP contribution in [0.25, 0.3) is 10.6 Å². The third-order valence-corrected chi connectivity index (χ3v) is 3.19. The Hall–Kier alpha value is -1.23. The second-order valence-corrected chi connectivity index (χ2v) is 4.34. The Morgan fingerprint density at radius 1 is 1.44 bits per heavy atom. The van der Waals surface area contributed by atoms with E-state index in [0.29, 0.717) is 13.2 Å². The third kappa shape index (κ3) is 2.47. The van der Waals surface area contributed by atoms with Crippen molar-refractivity contribution in [1.29, 1.82) is 0 Å². The predicted octanol–water partition coefficient (Wildman–Crippen LogP) is 2.42. The minimum Gasteiger partial charge on any atom is -0.378 e. The molecule has 4 heteroatoms. The average molecular weight is 234 g/mol. The zero-order chi connectivity index (χ0) is 11.4. The van der Waals surface area contributed by atoms with Gasteiger partial charge in [0.15, 0.2) is 0 Å². The summed E-state index contributed by atoms with van der Waals surface area (Å²) in [4.78, 5) is 4.50. The number of hydrogen-bond acceptors (Lipinski definition) is 4. The van der Waals surface area contributed by atoms with Gasteiger partial charge in [0.05, 0.1) is 12.3 Å². The van der Waals surface area contributed by atoms with Crippen molar-refractivity contribution in [3.63, 3.8) is 0 Å². The first-order chi connectivity index (χ1) is 7.83. The lowest BCUT2D eigenvalue weighted by Gasteiger charge is -1.99. The van der Waals surface area contributed by atoms with Crippen LogP contribution in [0.15, 0.2) is 29.6 Å². The number of hydrogen-bond donors (Lipinski definition) is 1. The van der Waals surface area contributed by atoms with Gasteiger partial charge >= 0.3 is 0 Å². The highest BCUT2D eigenvalue weighted by Crippen LogP contribution is 2.24. The monoisotopic (exact) mass is 234 g/mol. The van der Waals surface area contributed by atoms with Crippen molar-refractivity contribution in [2.24, 2.45) is 5.73 Å². The van der Waals surface area contributed by atoms with Crippen LogP contribution >= 0.6 is 11.3 Å². The van der Waals surface area contributed by atoms with Gasteiger partial charge in [-0.3, -0.25) is 0 Å². The molecule has 84 valence electrons. The highest BCUT2D eigenvalue weighted by molar-refractivity contribution is 7.13. The van der Waals surface area contributed by atoms with Crippen LogP contribution in [0.4, 0.5) is 0 Å². The normalized spacial score (nSPS) is 10.6. The van der Waals surface area contributed by atoms with Crippen LogP contribution < -0.4 is 5.73 Å². The van der Waals surface area contributed by atoms with Gasteiger partial charge in [-0.15, -0.1) is 11.3 Å². The van der Waals surface area contributed by atoms with Gasteiger partial charge in [0, 0.05) is 24.6 Å². The van der Waals surface area contributed by atoms with Crippen molar-refractivity contribution in [3.8, 4) is 10.6 Å². The predicted molar refractivity (Wildman–Crippen MR) is 66.2 cm³/mol. The fourth-order valence-corrected chi connectivity index (χ4v) is 2.29. The highest BCUT2D eigenvalue weighted by Gasteiger charge is 2.04. The first kappa shape index (κ1) is 11.3. The molecule has 1 aromatic carbocycles. The number of thiazole rings is 1. The third-order valence-electron chi connectivity index (χ3n) is 2.25. The Morgan fingerprint density at radius 3 is 3.06 bits per heavy atom. The molecule has 0 aliphatic rings. The molecule has 0 amide bonds. The molecule has 0 radical (unpaired) electrons. The average Bonchev–Trinajstić information content (AvgIpc) is 2.78. The molecule has 0 aliphatic heterocycles. The van der Waals surface area contributed by atoms with Gasteiger partial charge in [0.25, 0.3) is 0 Å². The number of aromatic nitrogens is 1. The summed E-state index contributed by atoms with van der Waals surface area (Å²) in [5.74, 6) is 0. The largest absolute Gasteiger partial charge is 0.378 e. The number of ether oxygens (including phenoxy) is 1. The Morgan fingerprint density at radius 2 is 2.31 bits per heavy atom. The Bertz CT molecular complexity index is 468. The molecule has 2 aromatic rings. The van der Waals surface area contributed by atoms with Gasteiger partial charge in [-0.25, -0.2) is 4.98 Å². The molecular weight excluding hydrogens is 220 g/mol. The number of benzene rings is 1. The Balaban J connectivity index is 2.27. The minimum absolute atomic E-state index is 0.560. The lowest BCUT2D eigenvalue weighted by atomic mass is 10.1. The van der Waals surface area contributed by atoms with Gasteiger partial charge in [-0.1, -0.05) is 18.2 Å². The summed E-state index contributed by atoms with van der Waals surface area (Å²) in [5, 5.41) is 3.04. The van der Waals surface area contributed by atoms with Crippen molar-refractivity contribution in [2.45, 2.75) is 13.2 Å². The summed E-state index contributed by atoms with van der Waals surface area (Å²) in [7, 11) is 1.67. The maximum absolute atomic E-state index is 5.61. The summed E-state index contributed by atoms with van der Waals surface area (Å²) in [5.41, 5.74) is 8.83. The Kier molecular flexibility index (Phi) is 3.66. The molecule has 0 aliphatic carbocycles. The van der Waals surface area contributed by atoms with Crippen LogP contribution in [0, 0.1) is 0 Å². The van der Waals surface area contributed by atoms with E-state index in [-0.39, 0.29) is 0 Å². The molecule has 2 N–H and O–H groups in total. The SMILES string of the molecule is COCc1csc(-c2cccc(CN)c2)n1. The molecule has 0 fully saturated rings. The number of rotatable bonds is 4. The molecule has 1 aromatic heterocycles. The number of nitrogens with two attached hydrogens (primary N) is 1. The Labute approximate surface area is 98.9 Å². The van der Waals surface area contributed by atoms with Crippen molar-refractivity contribution >= 4 is 11.3 Å². The minimum atomic E-state index is 0.560. The summed E-state index contributed by atoms with van der Waals surface area (Å²) in [6.45, 7) is 1.12. The zero-order valence-electron chi connectivity index (χ0n) is 9.14. The second-order valence-electron chi connectivity index (χ2n) is 3.48. The van der Waals surface area contributed by atoms with Gasteiger partial charge in [0.2, 0.25) is 0 Å². The second kappa shape index (κ2) is 5.21. The summed E-state index contributed by atoms with van der Waals surface area (Å²) in [6, 6.07) is 8.16. The van der Waals surface area contributed by atoms with E-state index in [1.807, 2.05) is 17.5 Å². The summed E-state index contributed by atoms with van der Waals surface area (Å²) < 4.78 is 5.05. The molecule has 16 heavy (non-hydrogen) atoms. The molecule has 0 saturated heterocycles. The van der Waals surface area contributed by atoms with Crippen molar-refractivity contribution in [3.05, 3.63) is 40.9 Å². The summed E-state index contributed by atoms with van der Waals surface area (Å²) in [6.07, 6.45) is 0. The van der Waals surface area contributed by atoms with Crippen LogP contribution in [0.5, 0.6) is 0 Å². The lowest BCUT2D eigenvalue weighted by molar-refractivity contribution is 0.182. The molecule has 3 nitrogen and oxygen atoms in total. The van der Waals surface area contributed by atoms with Crippen LogP contribution in [0.3, 0.4) is 0 Å². The van der Waals surface area contributed by atoms with Crippen LogP contribution in [0.1, 0.15) is 11.3 Å². The molecule has 0 saturated carbocycles. The molecule has 0 bridgehead atoms. The first-order valence-corrected chi connectivity index (χ1v) is 5.94. The van der Waals surface area contributed by atoms with E-state index >= 15 is 0 Å².